The molecule has 0 spiro atoms. The normalized spacial score (nSPS) is 10.3. The fraction of sp³-hybridized carbons (Fsp3) is 0. The van der Waals surface area contributed by atoms with Crippen LogP contribution in [0.15, 0.2) is 45.3 Å². The molecule has 6 heteroatoms. The molecule has 0 unspecified atom stereocenters. The molecule has 2 aromatic carbocycles. The van der Waals surface area contributed by atoms with Gasteiger partial charge in [-0.05, 0) is 68.3 Å². The second kappa shape index (κ2) is 5.71. The van der Waals surface area contributed by atoms with Crippen LogP contribution in [0.3, 0.4) is 0 Å². The highest BCUT2D eigenvalue weighted by atomic mass is 79.9. The van der Waals surface area contributed by atoms with Crippen molar-refractivity contribution in [2.75, 3.05) is 11.1 Å². The third kappa shape index (κ3) is 3.33. The molecule has 0 fully saturated rings. The Morgan fingerprint density at radius 3 is 2.47 bits per heavy atom. The standard InChI is InChI=1S/C13H9Br2FN2O/c14-10-3-1-7(16)5-9(10)13(19)18-8-2-4-11(15)12(17)6-8/h1-6H,17H2,(H,18,19). The van der Waals surface area contributed by atoms with Crippen molar-refractivity contribution in [1.29, 1.82) is 0 Å². The second-order valence-corrected chi connectivity index (χ2v) is 5.52. The van der Waals surface area contributed by atoms with Crippen LogP contribution in [0, 0.1) is 5.82 Å². The number of nitrogen functional groups attached to an aromatic ring is 1. The van der Waals surface area contributed by atoms with Crippen molar-refractivity contribution >= 4 is 49.1 Å². The van der Waals surface area contributed by atoms with E-state index in [4.69, 9.17) is 5.73 Å². The van der Waals surface area contributed by atoms with E-state index in [9.17, 15) is 9.18 Å². The van der Waals surface area contributed by atoms with Gasteiger partial charge in [0.05, 0.1) is 5.56 Å². The number of nitrogens with two attached hydrogens (primary N) is 1. The van der Waals surface area contributed by atoms with E-state index in [2.05, 4.69) is 37.2 Å². The molecule has 3 N–H and O–H groups in total. The molecule has 0 aromatic heterocycles. The predicted octanol–water partition coefficient (Wildman–Crippen LogP) is 4.19. The summed E-state index contributed by atoms with van der Waals surface area (Å²) in [6, 6.07) is 8.98. The maximum atomic E-state index is 13.1. The number of carbonyl (C=O) groups excluding carboxylic acids is 1. The lowest BCUT2D eigenvalue weighted by molar-refractivity contribution is 0.102. The second-order valence-electron chi connectivity index (χ2n) is 3.81. The number of halogens is 3. The zero-order valence-electron chi connectivity index (χ0n) is 9.58. The Balaban J connectivity index is 2.25. The molecule has 1 amide bonds. The highest BCUT2D eigenvalue weighted by Crippen LogP contribution is 2.24. The number of hydrogen-bond donors (Lipinski definition) is 2. The topological polar surface area (TPSA) is 55.1 Å². The van der Waals surface area contributed by atoms with Crippen molar-refractivity contribution in [2.24, 2.45) is 0 Å². The number of carbonyl (C=O) groups is 1. The van der Waals surface area contributed by atoms with Gasteiger partial charge < -0.3 is 11.1 Å². The molecule has 98 valence electrons. The molecule has 0 bridgehead atoms. The summed E-state index contributed by atoms with van der Waals surface area (Å²) < 4.78 is 14.4. The molecule has 19 heavy (non-hydrogen) atoms. The lowest BCUT2D eigenvalue weighted by Gasteiger charge is -2.08. The molecule has 0 aliphatic rings. The van der Waals surface area contributed by atoms with Crippen molar-refractivity contribution in [3.8, 4) is 0 Å². The molecule has 0 radical (unpaired) electrons. The molecular formula is C13H9Br2FN2O. The average Bonchev–Trinajstić information content (AvgIpc) is 2.36. The summed E-state index contributed by atoms with van der Waals surface area (Å²) in [4.78, 5) is 12.0. The van der Waals surface area contributed by atoms with Gasteiger partial charge in [-0.1, -0.05) is 0 Å². The van der Waals surface area contributed by atoms with E-state index in [1.807, 2.05) is 0 Å². The van der Waals surface area contributed by atoms with E-state index in [-0.39, 0.29) is 5.56 Å². The third-order valence-electron chi connectivity index (χ3n) is 2.43. The minimum atomic E-state index is -0.469. The maximum Gasteiger partial charge on any atom is 0.256 e. The van der Waals surface area contributed by atoms with Crippen molar-refractivity contribution in [3.05, 3.63) is 56.7 Å². The zero-order valence-corrected chi connectivity index (χ0v) is 12.8. The number of rotatable bonds is 2. The van der Waals surface area contributed by atoms with Gasteiger partial charge in [-0.3, -0.25) is 4.79 Å². The minimum Gasteiger partial charge on any atom is -0.398 e. The highest BCUT2D eigenvalue weighted by molar-refractivity contribution is 9.11. The monoisotopic (exact) mass is 386 g/mol. The smallest absolute Gasteiger partial charge is 0.256 e. The van der Waals surface area contributed by atoms with Crippen LogP contribution in [-0.4, -0.2) is 5.91 Å². The largest absolute Gasteiger partial charge is 0.398 e. The molecular weight excluding hydrogens is 379 g/mol. The Bertz CT molecular complexity index is 647. The van der Waals surface area contributed by atoms with Crippen LogP contribution in [0.5, 0.6) is 0 Å². The van der Waals surface area contributed by atoms with Gasteiger partial charge in [0, 0.05) is 20.3 Å². The van der Waals surface area contributed by atoms with E-state index in [0.29, 0.717) is 15.8 Å². The Kier molecular flexibility index (Phi) is 4.21. The Hall–Kier alpha value is -1.40. The first-order valence-electron chi connectivity index (χ1n) is 5.29. The molecule has 2 aromatic rings. The summed E-state index contributed by atoms with van der Waals surface area (Å²) in [7, 11) is 0. The molecule has 0 saturated heterocycles. The average molecular weight is 388 g/mol. The summed E-state index contributed by atoms with van der Waals surface area (Å²) in [6.07, 6.45) is 0. The lowest BCUT2D eigenvalue weighted by atomic mass is 10.2. The predicted molar refractivity (Wildman–Crippen MR) is 80.6 cm³/mol. The van der Waals surface area contributed by atoms with E-state index < -0.39 is 11.7 Å². The van der Waals surface area contributed by atoms with Crippen LogP contribution in [0.25, 0.3) is 0 Å². The quantitative estimate of drug-likeness (QED) is 0.759. The summed E-state index contributed by atoms with van der Waals surface area (Å²) in [6.45, 7) is 0. The molecule has 0 atom stereocenters. The van der Waals surface area contributed by atoms with Gasteiger partial charge in [-0.25, -0.2) is 4.39 Å². The first-order valence-corrected chi connectivity index (χ1v) is 6.87. The van der Waals surface area contributed by atoms with Crippen LogP contribution in [-0.2, 0) is 0 Å². The van der Waals surface area contributed by atoms with Gasteiger partial charge >= 0.3 is 0 Å². The number of hydrogen-bond acceptors (Lipinski definition) is 2. The van der Waals surface area contributed by atoms with E-state index in [0.717, 1.165) is 4.47 Å². The Morgan fingerprint density at radius 1 is 1.11 bits per heavy atom. The van der Waals surface area contributed by atoms with Crippen LogP contribution < -0.4 is 11.1 Å². The van der Waals surface area contributed by atoms with Crippen molar-refractivity contribution in [3.63, 3.8) is 0 Å². The molecule has 2 rings (SSSR count). The third-order valence-corrected chi connectivity index (χ3v) is 3.84. The fourth-order valence-corrected chi connectivity index (χ4v) is 2.16. The SMILES string of the molecule is Nc1cc(NC(=O)c2cc(F)ccc2Br)ccc1Br. The molecule has 0 saturated carbocycles. The van der Waals surface area contributed by atoms with Crippen LogP contribution in [0.2, 0.25) is 0 Å². The molecule has 0 heterocycles. The summed E-state index contributed by atoms with van der Waals surface area (Å²) in [5, 5.41) is 2.66. The van der Waals surface area contributed by atoms with Gasteiger partial charge in [-0.2, -0.15) is 0 Å². The van der Waals surface area contributed by atoms with E-state index in [1.165, 1.54) is 18.2 Å². The van der Waals surface area contributed by atoms with Crippen LogP contribution in [0.1, 0.15) is 10.4 Å². The van der Waals surface area contributed by atoms with Gasteiger partial charge in [0.25, 0.3) is 5.91 Å². The summed E-state index contributed by atoms with van der Waals surface area (Å²) >= 11 is 6.48. The highest BCUT2D eigenvalue weighted by Gasteiger charge is 2.11. The van der Waals surface area contributed by atoms with Gasteiger partial charge in [-0.15, -0.1) is 0 Å². The lowest BCUT2D eigenvalue weighted by Crippen LogP contribution is -2.13. The number of amides is 1. The molecule has 0 aliphatic carbocycles. The fourth-order valence-electron chi connectivity index (χ4n) is 1.49. The van der Waals surface area contributed by atoms with Crippen LogP contribution in [0.4, 0.5) is 15.8 Å². The Labute approximate surface area is 126 Å². The molecule has 3 nitrogen and oxygen atoms in total. The van der Waals surface area contributed by atoms with Crippen molar-refractivity contribution in [2.45, 2.75) is 0 Å². The number of benzene rings is 2. The van der Waals surface area contributed by atoms with Crippen LogP contribution >= 0.6 is 31.9 Å². The van der Waals surface area contributed by atoms with Gasteiger partial charge in [0.2, 0.25) is 0 Å². The van der Waals surface area contributed by atoms with E-state index in [1.54, 1.807) is 18.2 Å². The van der Waals surface area contributed by atoms with Gasteiger partial charge in [0.15, 0.2) is 0 Å². The molecule has 0 aliphatic heterocycles. The van der Waals surface area contributed by atoms with Gasteiger partial charge in [0.1, 0.15) is 5.82 Å². The summed E-state index contributed by atoms with van der Waals surface area (Å²) in [5.74, 6) is -0.878. The number of nitrogens with one attached hydrogen (secondary N) is 1. The summed E-state index contributed by atoms with van der Waals surface area (Å²) in [5.41, 5.74) is 7.00. The Morgan fingerprint density at radius 2 is 1.79 bits per heavy atom. The van der Waals surface area contributed by atoms with Crippen molar-refractivity contribution in [1.82, 2.24) is 0 Å². The number of anilines is 2. The first-order chi connectivity index (χ1) is 8.97. The first kappa shape index (κ1) is 14.0. The van der Waals surface area contributed by atoms with Crippen molar-refractivity contribution < 1.29 is 9.18 Å². The van der Waals surface area contributed by atoms with E-state index >= 15 is 0 Å². The zero-order chi connectivity index (χ0) is 14.0. The maximum absolute atomic E-state index is 13.1. The minimum absolute atomic E-state index is 0.224.